The van der Waals surface area contributed by atoms with Gasteiger partial charge in [-0.25, -0.2) is 8.42 Å². The summed E-state index contributed by atoms with van der Waals surface area (Å²) in [4.78, 5) is 24.1. The molecule has 2 aromatic carbocycles. The van der Waals surface area contributed by atoms with Gasteiger partial charge in [0.25, 0.3) is 0 Å². The van der Waals surface area contributed by atoms with E-state index < -0.39 is 33.7 Å². The molecule has 12 heteroatoms. The van der Waals surface area contributed by atoms with Gasteiger partial charge in [-0.15, -0.1) is 0 Å². The first-order valence-corrected chi connectivity index (χ1v) is 12.3. The fraction of sp³-hybridized carbons (Fsp3) is 0.391. The maximum atomic E-state index is 13.5. The number of alkyl halides is 3. The lowest BCUT2D eigenvalue weighted by molar-refractivity contribution is -0.137. The summed E-state index contributed by atoms with van der Waals surface area (Å²) < 4.78 is 71.7. The van der Waals surface area contributed by atoms with Crippen molar-refractivity contribution in [1.29, 1.82) is 0 Å². The van der Waals surface area contributed by atoms with Crippen LogP contribution in [0.3, 0.4) is 0 Å². The lowest BCUT2D eigenvalue weighted by Crippen LogP contribution is -2.48. The standard InChI is InChI=1S/C23H26F3N3O5S/c1-34-15-21(30)28-18-9-5-16(6-10-18)14-29(20-4-2-3-13-27-22(20)31)35(32,33)19-11-7-17(8-12-19)23(24,25)26/h5-12,20H,2-4,13-15H2,1H3,(H,27,31)(H,28,30). The molecule has 1 fully saturated rings. The van der Waals surface area contributed by atoms with Crippen molar-refractivity contribution in [3.63, 3.8) is 0 Å². The van der Waals surface area contributed by atoms with Crippen LogP contribution in [0.2, 0.25) is 0 Å². The summed E-state index contributed by atoms with van der Waals surface area (Å²) in [6.45, 7) is 0.102. The molecule has 1 atom stereocenters. The number of carbonyl (C=O) groups excluding carboxylic acids is 2. The minimum absolute atomic E-state index is 0.127. The Morgan fingerprint density at radius 1 is 1.11 bits per heavy atom. The topological polar surface area (TPSA) is 105 Å². The molecule has 0 radical (unpaired) electrons. The fourth-order valence-electron chi connectivity index (χ4n) is 3.71. The highest BCUT2D eigenvalue weighted by Gasteiger charge is 2.37. The normalized spacial score (nSPS) is 17.1. The lowest BCUT2D eigenvalue weighted by atomic mass is 10.1. The number of nitrogens with zero attached hydrogens (tertiary/aromatic N) is 1. The molecule has 2 amide bonds. The van der Waals surface area contributed by atoms with E-state index in [4.69, 9.17) is 4.74 Å². The van der Waals surface area contributed by atoms with Gasteiger partial charge in [-0.1, -0.05) is 12.1 Å². The Bertz CT molecular complexity index is 1140. The van der Waals surface area contributed by atoms with Crippen molar-refractivity contribution in [3.8, 4) is 0 Å². The second kappa shape index (κ2) is 11.2. The van der Waals surface area contributed by atoms with Crippen LogP contribution in [0.15, 0.2) is 53.4 Å². The fourth-order valence-corrected chi connectivity index (χ4v) is 5.32. The summed E-state index contributed by atoms with van der Waals surface area (Å²) in [5.74, 6) is -0.816. The third kappa shape index (κ3) is 6.80. The van der Waals surface area contributed by atoms with Crippen LogP contribution in [0, 0.1) is 0 Å². The number of amides is 2. The Morgan fingerprint density at radius 2 is 1.77 bits per heavy atom. The molecule has 1 aliphatic rings. The van der Waals surface area contributed by atoms with Gasteiger partial charge in [0.2, 0.25) is 21.8 Å². The van der Waals surface area contributed by atoms with Crippen molar-refractivity contribution in [3.05, 3.63) is 59.7 Å². The Morgan fingerprint density at radius 3 is 2.37 bits per heavy atom. The summed E-state index contributed by atoms with van der Waals surface area (Å²) in [6, 6.07) is 8.55. The molecule has 1 heterocycles. The molecule has 2 N–H and O–H groups in total. The molecule has 3 rings (SSSR count). The largest absolute Gasteiger partial charge is 0.416 e. The van der Waals surface area contributed by atoms with Gasteiger partial charge in [0, 0.05) is 25.9 Å². The number of nitrogens with one attached hydrogen (secondary N) is 2. The third-order valence-electron chi connectivity index (χ3n) is 5.49. The number of anilines is 1. The molecule has 0 aromatic heterocycles. The van der Waals surface area contributed by atoms with E-state index in [0.717, 1.165) is 16.4 Å². The number of methoxy groups -OCH3 is 1. The van der Waals surface area contributed by atoms with E-state index >= 15 is 0 Å². The number of carbonyl (C=O) groups is 2. The van der Waals surface area contributed by atoms with E-state index in [0.29, 0.717) is 42.8 Å². The summed E-state index contributed by atoms with van der Waals surface area (Å²) >= 11 is 0. The molecule has 8 nitrogen and oxygen atoms in total. The van der Waals surface area contributed by atoms with Crippen LogP contribution in [-0.4, -0.2) is 50.8 Å². The zero-order valence-electron chi connectivity index (χ0n) is 19.0. The smallest absolute Gasteiger partial charge is 0.375 e. The van der Waals surface area contributed by atoms with Crippen molar-refractivity contribution >= 4 is 27.5 Å². The lowest BCUT2D eigenvalue weighted by Gasteiger charge is -2.29. The number of hydrogen-bond donors (Lipinski definition) is 2. The van der Waals surface area contributed by atoms with Gasteiger partial charge >= 0.3 is 6.18 Å². The van der Waals surface area contributed by atoms with Crippen LogP contribution in [-0.2, 0) is 37.1 Å². The number of rotatable bonds is 8. The maximum Gasteiger partial charge on any atom is 0.416 e. The van der Waals surface area contributed by atoms with Crippen LogP contribution in [0.1, 0.15) is 30.4 Å². The van der Waals surface area contributed by atoms with Gasteiger partial charge in [-0.3, -0.25) is 9.59 Å². The van der Waals surface area contributed by atoms with Gasteiger partial charge in [0.05, 0.1) is 10.5 Å². The van der Waals surface area contributed by atoms with Crippen molar-refractivity contribution < 1.29 is 35.9 Å². The van der Waals surface area contributed by atoms with Crippen LogP contribution in [0.25, 0.3) is 0 Å². The average Bonchev–Trinajstić information content (AvgIpc) is 3.02. The van der Waals surface area contributed by atoms with Crippen molar-refractivity contribution in [2.75, 3.05) is 25.6 Å². The Balaban J connectivity index is 1.92. The van der Waals surface area contributed by atoms with E-state index in [9.17, 15) is 31.2 Å². The molecule has 0 aliphatic carbocycles. The predicted octanol–water partition coefficient (Wildman–Crippen LogP) is 3.15. The molecule has 0 bridgehead atoms. The molecule has 35 heavy (non-hydrogen) atoms. The molecule has 2 aromatic rings. The first-order valence-electron chi connectivity index (χ1n) is 10.9. The molecular weight excluding hydrogens is 487 g/mol. The summed E-state index contributed by atoms with van der Waals surface area (Å²) in [5, 5.41) is 5.33. The van der Waals surface area contributed by atoms with Crippen LogP contribution >= 0.6 is 0 Å². The van der Waals surface area contributed by atoms with E-state index in [-0.39, 0.29) is 30.4 Å². The number of benzene rings is 2. The van der Waals surface area contributed by atoms with E-state index in [1.807, 2.05) is 0 Å². The molecule has 1 aliphatic heterocycles. The molecular formula is C23H26F3N3O5S. The van der Waals surface area contributed by atoms with E-state index in [2.05, 4.69) is 10.6 Å². The van der Waals surface area contributed by atoms with Gasteiger partial charge < -0.3 is 15.4 Å². The maximum absolute atomic E-state index is 13.5. The van der Waals surface area contributed by atoms with Crippen molar-refractivity contribution in [2.45, 2.75) is 42.9 Å². The highest BCUT2D eigenvalue weighted by molar-refractivity contribution is 7.89. The van der Waals surface area contributed by atoms with Gasteiger partial charge in [-0.2, -0.15) is 17.5 Å². The van der Waals surface area contributed by atoms with E-state index in [1.165, 1.54) is 7.11 Å². The van der Waals surface area contributed by atoms with Crippen LogP contribution in [0.4, 0.5) is 18.9 Å². The quantitative estimate of drug-likeness (QED) is 0.564. The van der Waals surface area contributed by atoms with Gasteiger partial charge in [0.1, 0.15) is 12.6 Å². The van der Waals surface area contributed by atoms with Crippen molar-refractivity contribution in [1.82, 2.24) is 9.62 Å². The number of hydrogen-bond acceptors (Lipinski definition) is 5. The SMILES string of the molecule is COCC(=O)Nc1ccc(CN(C2CCCCNC2=O)S(=O)(=O)c2ccc(C(F)(F)F)cc2)cc1. The third-order valence-corrected chi connectivity index (χ3v) is 7.36. The van der Waals surface area contributed by atoms with Gasteiger partial charge in [0.15, 0.2) is 0 Å². The Labute approximate surface area is 201 Å². The first-order chi connectivity index (χ1) is 16.5. The highest BCUT2D eigenvalue weighted by Crippen LogP contribution is 2.31. The summed E-state index contributed by atoms with van der Waals surface area (Å²) in [5.41, 5.74) is 0.0312. The zero-order valence-corrected chi connectivity index (χ0v) is 19.8. The summed E-state index contributed by atoms with van der Waals surface area (Å²) in [7, 11) is -2.94. The second-order valence-electron chi connectivity index (χ2n) is 8.05. The molecule has 0 spiro atoms. The highest BCUT2D eigenvalue weighted by atomic mass is 32.2. The minimum atomic E-state index is -4.61. The molecule has 1 saturated heterocycles. The number of sulfonamides is 1. The average molecular weight is 514 g/mol. The zero-order chi connectivity index (χ0) is 25.6. The number of halogens is 3. The number of ether oxygens (including phenoxy) is 1. The van der Waals surface area contributed by atoms with Gasteiger partial charge in [-0.05, 0) is 61.2 Å². The molecule has 190 valence electrons. The predicted molar refractivity (Wildman–Crippen MR) is 122 cm³/mol. The molecule has 0 saturated carbocycles. The minimum Gasteiger partial charge on any atom is -0.375 e. The van der Waals surface area contributed by atoms with Crippen molar-refractivity contribution in [2.24, 2.45) is 0 Å². The molecule has 1 unspecified atom stereocenters. The first kappa shape index (κ1) is 26.6. The Kier molecular flexibility index (Phi) is 8.51. The summed E-state index contributed by atoms with van der Waals surface area (Å²) in [6.07, 6.45) is -3.04. The van der Waals surface area contributed by atoms with Crippen LogP contribution < -0.4 is 10.6 Å². The van der Waals surface area contributed by atoms with Crippen LogP contribution in [0.5, 0.6) is 0 Å². The monoisotopic (exact) mass is 513 g/mol. The Hall–Kier alpha value is -2.96. The second-order valence-corrected chi connectivity index (χ2v) is 9.94. The van der Waals surface area contributed by atoms with E-state index in [1.54, 1.807) is 24.3 Å².